The monoisotopic (exact) mass is 341 g/mol. The first-order valence-corrected chi connectivity index (χ1v) is 7.94. The molecule has 1 atom stereocenters. The predicted octanol–water partition coefficient (Wildman–Crippen LogP) is 3.15. The number of methoxy groups -OCH3 is 1. The summed E-state index contributed by atoms with van der Waals surface area (Å²) in [5, 5.41) is 0. The molecule has 0 aliphatic carbocycles. The summed E-state index contributed by atoms with van der Waals surface area (Å²) in [6.45, 7) is 2.23. The lowest BCUT2D eigenvalue weighted by Gasteiger charge is -2.12. The lowest BCUT2D eigenvalue weighted by molar-refractivity contribution is -0.144. The van der Waals surface area contributed by atoms with Gasteiger partial charge in [-0.1, -0.05) is 6.07 Å². The lowest BCUT2D eigenvalue weighted by atomic mass is 10.1. The number of carbonyl (C=O) groups is 1. The first-order valence-electron chi connectivity index (χ1n) is 7.94. The van der Waals surface area contributed by atoms with Crippen LogP contribution in [0.25, 0.3) is 0 Å². The average Bonchev–Trinajstić information content (AvgIpc) is 3.10. The zero-order valence-corrected chi connectivity index (χ0v) is 14.1. The van der Waals surface area contributed by atoms with Crippen molar-refractivity contribution in [2.75, 3.05) is 20.5 Å². The Labute approximate surface area is 146 Å². The average molecular weight is 341 g/mol. The summed E-state index contributed by atoms with van der Waals surface area (Å²) in [4.78, 5) is 16.8. The van der Waals surface area contributed by atoms with Crippen LogP contribution in [0.3, 0.4) is 0 Å². The Hall–Kier alpha value is -3.02. The molecular weight excluding hydrogens is 322 g/mol. The van der Waals surface area contributed by atoms with Gasteiger partial charge in [0.25, 0.3) is 0 Å². The highest BCUT2D eigenvalue weighted by Gasteiger charge is 2.23. The van der Waals surface area contributed by atoms with E-state index in [1.807, 2.05) is 24.3 Å². The van der Waals surface area contributed by atoms with Crippen molar-refractivity contribution in [1.82, 2.24) is 0 Å². The number of ether oxygens (including phenoxy) is 4. The number of rotatable bonds is 6. The van der Waals surface area contributed by atoms with Crippen molar-refractivity contribution in [1.29, 1.82) is 0 Å². The summed E-state index contributed by atoms with van der Waals surface area (Å²) in [5.41, 5.74) is 1.54. The maximum atomic E-state index is 12.3. The molecule has 0 radical (unpaired) electrons. The SMILES string of the molecule is CCOC(=O)C(N=Cc1ccc(OC)cc1)c1ccc2c(c1)OCO2. The lowest BCUT2D eigenvalue weighted by Crippen LogP contribution is -2.14. The molecule has 0 fully saturated rings. The summed E-state index contributed by atoms with van der Waals surface area (Å²) in [7, 11) is 1.61. The largest absolute Gasteiger partial charge is 0.497 e. The van der Waals surface area contributed by atoms with E-state index in [-0.39, 0.29) is 13.4 Å². The van der Waals surface area contributed by atoms with Gasteiger partial charge in [0, 0.05) is 6.21 Å². The Morgan fingerprint density at radius 3 is 2.68 bits per heavy atom. The number of hydrogen-bond acceptors (Lipinski definition) is 6. The Balaban J connectivity index is 1.86. The smallest absolute Gasteiger partial charge is 0.335 e. The van der Waals surface area contributed by atoms with E-state index in [9.17, 15) is 4.79 Å². The van der Waals surface area contributed by atoms with E-state index in [4.69, 9.17) is 18.9 Å². The number of benzene rings is 2. The second kappa shape index (κ2) is 7.70. The molecule has 0 bridgehead atoms. The summed E-state index contributed by atoms with van der Waals surface area (Å²) in [5.74, 6) is 1.61. The highest BCUT2D eigenvalue weighted by Crippen LogP contribution is 2.35. The number of aliphatic imine (C=N–C) groups is 1. The first-order chi connectivity index (χ1) is 12.2. The Kier molecular flexibility index (Phi) is 5.18. The highest BCUT2D eigenvalue weighted by atomic mass is 16.7. The Morgan fingerprint density at radius 1 is 1.20 bits per heavy atom. The third kappa shape index (κ3) is 3.91. The molecule has 1 aliphatic heterocycles. The number of fused-ring (bicyclic) bond motifs is 1. The molecule has 0 spiro atoms. The van der Waals surface area contributed by atoms with Crippen molar-refractivity contribution in [2.24, 2.45) is 4.99 Å². The van der Waals surface area contributed by atoms with Crippen molar-refractivity contribution < 1.29 is 23.7 Å². The van der Waals surface area contributed by atoms with Gasteiger partial charge in [0.15, 0.2) is 17.5 Å². The summed E-state index contributed by atoms with van der Waals surface area (Å²) < 4.78 is 21.0. The van der Waals surface area contributed by atoms with E-state index in [1.54, 1.807) is 38.4 Å². The summed E-state index contributed by atoms with van der Waals surface area (Å²) in [6, 6.07) is 12.0. The van der Waals surface area contributed by atoms with Gasteiger partial charge in [0.1, 0.15) is 5.75 Å². The van der Waals surface area contributed by atoms with Crippen LogP contribution in [0.15, 0.2) is 47.5 Å². The Bertz CT molecular complexity index is 770. The van der Waals surface area contributed by atoms with Crippen LogP contribution >= 0.6 is 0 Å². The van der Waals surface area contributed by atoms with Gasteiger partial charge in [0.05, 0.1) is 13.7 Å². The normalized spacial score (nSPS) is 13.7. The number of hydrogen-bond donors (Lipinski definition) is 0. The van der Waals surface area contributed by atoms with Gasteiger partial charge in [-0.15, -0.1) is 0 Å². The van der Waals surface area contributed by atoms with Gasteiger partial charge in [-0.3, -0.25) is 4.99 Å². The van der Waals surface area contributed by atoms with Gasteiger partial charge in [-0.25, -0.2) is 4.79 Å². The molecule has 1 aliphatic rings. The molecule has 0 saturated carbocycles. The fourth-order valence-electron chi connectivity index (χ4n) is 2.44. The second-order valence-corrected chi connectivity index (χ2v) is 5.32. The molecule has 0 amide bonds. The standard InChI is InChI=1S/C19H19NO5/c1-3-23-19(21)18(14-6-9-16-17(10-14)25-12-24-16)20-11-13-4-7-15(22-2)8-5-13/h4-11,18H,3,12H2,1-2H3. The van der Waals surface area contributed by atoms with Crippen molar-refractivity contribution in [2.45, 2.75) is 13.0 Å². The van der Waals surface area contributed by atoms with Crippen molar-refractivity contribution in [3.63, 3.8) is 0 Å². The number of carbonyl (C=O) groups excluding carboxylic acids is 1. The van der Waals surface area contributed by atoms with Crippen LogP contribution < -0.4 is 14.2 Å². The molecule has 1 unspecified atom stereocenters. The molecule has 6 nitrogen and oxygen atoms in total. The summed E-state index contributed by atoms with van der Waals surface area (Å²) in [6.07, 6.45) is 1.64. The molecular formula is C19H19NO5. The van der Waals surface area contributed by atoms with Gasteiger partial charge < -0.3 is 18.9 Å². The number of esters is 1. The highest BCUT2D eigenvalue weighted by molar-refractivity contribution is 5.85. The third-order valence-electron chi connectivity index (χ3n) is 3.71. The molecule has 130 valence electrons. The predicted molar refractivity (Wildman–Crippen MR) is 92.5 cm³/mol. The van der Waals surface area contributed by atoms with E-state index >= 15 is 0 Å². The number of nitrogens with zero attached hydrogens (tertiary/aromatic N) is 1. The topological polar surface area (TPSA) is 66.4 Å². The molecule has 2 aromatic rings. The second-order valence-electron chi connectivity index (χ2n) is 5.32. The van der Waals surface area contributed by atoms with Crippen LogP contribution in [-0.2, 0) is 9.53 Å². The van der Waals surface area contributed by atoms with Gasteiger partial charge >= 0.3 is 5.97 Å². The molecule has 2 aromatic carbocycles. The Morgan fingerprint density at radius 2 is 1.96 bits per heavy atom. The molecule has 0 aromatic heterocycles. The van der Waals surface area contributed by atoms with Crippen LogP contribution in [0.4, 0.5) is 0 Å². The quantitative estimate of drug-likeness (QED) is 0.596. The van der Waals surface area contributed by atoms with Gasteiger partial charge in [0.2, 0.25) is 6.79 Å². The molecule has 0 N–H and O–H groups in total. The van der Waals surface area contributed by atoms with E-state index in [0.29, 0.717) is 17.1 Å². The van der Waals surface area contributed by atoms with E-state index in [0.717, 1.165) is 11.3 Å². The molecule has 1 heterocycles. The maximum absolute atomic E-state index is 12.3. The van der Waals surface area contributed by atoms with Crippen LogP contribution in [0.1, 0.15) is 24.1 Å². The zero-order chi connectivity index (χ0) is 17.6. The van der Waals surface area contributed by atoms with Crippen LogP contribution in [0, 0.1) is 0 Å². The fourth-order valence-corrected chi connectivity index (χ4v) is 2.44. The molecule has 3 rings (SSSR count). The van der Waals surface area contributed by atoms with Crippen molar-refractivity contribution >= 4 is 12.2 Å². The minimum absolute atomic E-state index is 0.179. The van der Waals surface area contributed by atoms with E-state index in [2.05, 4.69) is 4.99 Å². The maximum Gasteiger partial charge on any atom is 0.335 e. The van der Waals surface area contributed by atoms with Gasteiger partial charge in [-0.05, 0) is 54.4 Å². The van der Waals surface area contributed by atoms with Crippen LogP contribution in [0.2, 0.25) is 0 Å². The minimum Gasteiger partial charge on any atom is -0.497 e. The van der Waals surface area contributed by atoms with Crippen molar-refractivity contribution in [3.8, 4) is 17.2 Å². The molecule has 25 heavy (non-hydrogen) atoms. The van der Waals surface area contributed by atoms with E-state index < -0.39 is 12.0 Å². The zero-order valence-electron chi connectivity index (χ0n) is 14.1. The molecule has 0 saturated heterocycles. The summed E-state index contributed by atoms with van der Waals surface area (Å²) >= 11 is 0. The van der Waals surface area contributed by atoms with Crippen molar-refractivity contribution in [3.05, 3.63) is 53.6 Å². The van der Waals surface area contributed by atoms with Crippen LogP contribution in [0.5, 0.6) is 17.2 Å². The van der Waals surface area contributed by atoms with E-state index in [1.165, 1.54) is 0 Å². The minimum atomic E-state index is -0.767. The van der Waals surface area contributed by atoms with Gasteiger partial charge in [-0.2, -0.15) is 0 Å². The fraction of sp³-hybridized carbons (Fsp3) is 0.263. The van der Waals surface area contributed by atoms with Crippen LogP contribution in [-0.4, -0.2) is 32.7 Å². The first kappa shape index (κ1) is 16.8. The third-order valence-corrected chi connectivity index (χ3v) is 3.71. The molecule has 6 heteroatoms.